The van der Waals surface area contributed by atoms with E-state index in [1.165, 1.54) is 5.56 Å². The number of likely N-dealkylation sites (tertiary alicyclic amines) is 1. The van der Waals surface area contributed by atoms with Gasteiger partial charge in [0.15, 0.2) is 0 Å². The van der Waals surface area contributed by atoms with Crippen molar-refractivity contribution in [2.75, 3.05) is 41.4 Å². The molecule has 2 aromatic carbocycles. The number of ketones is 2. The first kappa shape index (κ1) is 66.7. The molecule has 9 atom stereocenters. The molecule has 1 aliphatic heterocycles. The van der Waals surface area contributed by atoms with Gasteiger partial charge in [0.1, 0.15) is 17.6 Å². The second-order valence-electron chi connectivity index (χ2n) is 24.0. The molecule has 2 heterocycles. The summed E-state index contributed by atoms with van der Waals surface area (Å²) in [5, 5.41) is 12.2. The molecule has 14 nitrogen and oxygen atoms in total. The number of benzene rings is 2. The van der Waals surface area contributed by atoms with Gasteiger partial charge in [-0.25, -0.2) is 0 Å². The van der Waals surface area contributed by atoms with E-state index in [-0.39, 0.29) is 65.1 Å². The molecule has 79 heavy (non-hydrogen) atoms. The van der Waals surface area contributed by atoms with Crippen LogP contribution in [0.2, 0.25) is 0 Å². The number of hydrogen-bond acceptors (Lipinski definition) is 11. The number of nitrogens with zero attached hydrogens (tertiary/aromatic N) is 5. The van der Waals surface area contributed by atoms with Crippen molar-refractivity contribution in [3.8, 4) is 11.5 Å². The van der Waals surface area contributed by atoms with Crippen LogP contribution >= 0.6 is 0 Å². The molecule has 3 aromatic rings. The van der Waals surface area contributed by atoms with Crippen molar-refractivity contribution in [1.82, 2.24) is 30.2 Å². The van der Waals surface area contributed by atoms with Crippen LogP contribution in [-0.2, 0) is 46.3 Å². The molecule has 1 aromatic heterocycles. The van der Waals surface area contributed by atoms with Crippen molar-refractivity contribution >= 4 is 29.3 Å². The van der Waals surface area contributed by atoms with E-state index in [4.69, 9.17) is 13.9 Å². The summed E-state index contributed by atoms with van der Waals surface area (Å²) in [5.74, 6) is 0.0953. The Balaban J connectivity index is 1.41. The van der Waals surface area contributed by atoms with E-state index in [1.807, 2.05) is 76.9 Å². The Morgan fingerprint density at radius 2 is 1.49 bits per heavy atom. The number of amides is 3. The van der Waals surface area contributed by atoms with Crippen molar-refractivity contribution in [2.24, 2.45) is 29.1 Å². The molecule has 0 aliphatic carbocycles. The summed E-state index contributed by atoms with van der Waals surface area (Å²) in [5.41, 5.74) is 3.07. The van der Waals surface area contributed by atoms with Gasteiger partial charge < -0.3 is 29.0 Å². The van der Waals surface area contributed by atoms with Crippen LogP contribution in [0.4, 0.5) is 0 Å². The van der Waals surface area contributed by atoms with Crippen LogP contribution in [-0.4, -0.2) is 132 Å². The van der Waals surface area contributed by atoms with Gasteiger partial charge in [-0.15, -0.1) is 10.2 Å². The third-order valence-corrected chi connectivity index (χ3v) is 17.7. The molecule has 4 rings (SSSR count). The summed E-state index contributed by atoms with van der Waals surface area (Å²) >= 11 is 0. The molecular formula is C65H104N6O8. The van der Waals surface area contributed by atoms with Gasteiger partial charge in [0.2, 0.25) is 29.5 Å². The van der Waals surface area contributed by atoms with Crippen LogP contribution in [0, 0.1) is 29.1 Å². The first-order valence-electron chi connectivity index (χ1n) is 30.3. The van der Waals surface area contributed by atoms with E-state index in [0.29, 0.717) is 69.2 Å². The summed E-state index contributed by atoms with van der Waals surface area (Å²) in [6, 6.07) is 16.6. The second-order valence-corrected chi connectivity index (χ2v) is 24.0. The van der Waals surface area contributed by atoms with Crippen molar-refractivity contribution in [3.05, 3.63) is 71.6 Å². The predicted octanol–water partition coefficient (Wildman–Crippen LogP) is 12.1. The smallest absolute Gasteiger partial charge is 0.247 e. The Kier molecular flexibility index (Phi) is 28.0. The lowest BCUT2D eigenvalue weighted by Gasteiger charge is -2.41. The lowest BCUT2D eigenvalue weighted by Crippen LogP contribution is -2.60. The van der Waals surface area contributed by atoms with Crippen LogP contribution in [0.5, 0.6) is 0 Å². The number of aryl methyl sites for hydroxylation is 1. The van der Waals surface area contributed by atoms with Crippen LogP contribution in [0.25, 0.3) is 11.5 Å². The third kappa shape index (κ3) is 18.9. The summed E-state index contributed by atoms with van der Waals surface area (Å²) in [4.78, 5) is 76.3. The number of Topliss-reactive ketones (excluding diaryl/α,β-unsaturated/α-hetero) is 2. The molecule has 442 valence electrons. The van der Waals surface area contributed by atoms with Gasteiger partial charge in [0.25, 0.3) is 0 Å². The number of carbonyl (C=O) groups excluding carboxylic acids is 5. The van der Waals surface area contributed by atoms with Crippen molar-refractivity contribution in [2.45, 2.75) is 228 Å². The maximum absolute atomic E-state index is 14.8. The molecule has 0 radical (unpaired) electrons. The Morgan fingerprint density at radius 1 is 0.810 bits per heavy atom. The van der Waals surface area contributed by atoms with E-state index in [9.17, 15) is 24.0 Å². The summed E-state index contributed by atoms with van der Waals surface area (Å²) in [7, 11) is 6.95. The van der Waals surface area contributed by atoms with Crippen LogP contribution in [0.15, 0.2) is 59.0 Å². The standard InChI is InChI=1S/C65H104N6O8/c1-16-20-29-48-36-38-50(39-37-48)62-67-68-63(79-62)51(42-49-30-23-21-24-31-49)32-27-34-53(72)47(10)60(78-15)52-33-28-41-71(52)56(74)43-54(77-14)59(46(9)17-2)70(13)64(76)57(44(5)6)66-61(75)58(45(7)8)69(12)40-26-22-25-35-55(73)65(11,18-3)19-4/h21,23-24,30-31,36-39,44-47,51-52,54,57-60H,16-20,22,25-29,32-35,40-43H2,1-15H3,(H,66,75). The highest BCUT2D eigenvalue weighted by Crippen LogP contribution is 2.33. The number of likely N-dealkylation sites (N-methyl/N-ethyl adjacent to an activating group) is 2. The molecule has 1 fully saturated rings. The molecule has 0 bridgehead atoms. The second kappa shape index (κ2) is 33.2. The minimum absolute atomic E-state index is 0.0165. The average Bonchev–Trinajstić information content (AvgIpc) is 4.22. The first-order chi connectivity index (χ1) is 37.7. The van der Waals surface area contributed by atoms with Crippen molar-refractivity contribution < 1.29 is 37.9 Å². The highest BCUT2D eigenvalue weighted by molar-refractivity contribution is 5.90. The normalized spacial score (nSPS) is 17.1. The lowest BCUT2D eigenvalue weighted by atomic mass is 9.78. The highest BCUT2D eigenvalue weighted by Gasteiger charge is 2.43. The zero-order chi connectivity index (χ0) is 58.4. The van der Waals surface area contributed by atoms with Crippen molar-refractivity contribution in [1.29, 1.82) is 0 Å². The number of ether oxygens (including phenoxy) is 2. The van der Waals surface area contributed by atoms with E-state index in [1.54, 1.807) is 26.2 Å². The predicted molar refractivity (Wildman–Crippen MR) is 316 cm³/mol. The molecule has 1 aliphatic rings. The maximum atomic E-state index is 14.8. The Morgan fingerprint density at radius 3 is 2.09 bits per heavy atom. The number of carbonyl (C=O) groups is 5. The molecule has 9 unspecified atom stereocenters. The quantitative estimate of drug-likeness (QED) is 0.0546. The Labute approximate surface area is 476 Å². The van der Waals surface area contributed by atoms with E-state index in [2.05, 4.69) is 86.2 Å². The Hall–Kier alpha value is -4.79. The van der Waals surface area contributed by atoms with E-state index < -0.39 is 36.3 Å². The van der Waals surface area contributed by atoms with E-state index in [0.717, 1.165) is 75.3 Å². The van der Waals surface area contributed by atoms with Gasteiger partial charge >= 0.3 is 0 Å². The average molecular weight is 1100 g/mol. The van der Waals surface area contributed by atoms with Gasteiger partial charge in [-0.3, -0.25) is 28.9 Å². The topological polar surface area (TPSA) is 164 Å². The summed E-state index contributed by atoms with van der Waals surface area (Å²) in [6.45, 7) is 23.6. The van der Waals surface area contributed by atoms with Crippen LogP contribution in [0.1, 0.15) is 195 Å². The molecular weight excluding hydrogens is 993 g/mol. The fraction of sp³-hybridized carbons (Fsp3) is 0.708. The fourth-order valence-electron chi connectivity index (χ4n) is 11.9. The zero-order valence-electron chi connectivity index (χ0n) is 51.5. The number of unbranched alkanes of at least 4 members (excludes halogenated alkanes) is 3. The monoisotopic (exact) mass is 1100 g/mol. The minimum atomic E-state index is -0.807. The van der Waals surface area contributed by atoms with Gasteiger partial charge in [0.05, 0.1) is 36.8 Å². The molecule has 1 saturated heterocycles. The van der Waals surface area contributed by atoms with Gasteiger partial charge in [-0.1, -0.05) is 138 Å². The molecule has 3 amide bonds. The van der Waals surface area contributed by atoms with Gasteiger partial charge in [-0.05, 0) is 125 Å². The number of aromatic nitrogens is 2. The van der Waals surface area contributed by atoms with Gasteiger partial charge in [-0.2, -0.15) is 0 Å². The largest absolute Gasteiger partial charge is 0.420 e. The molecule has 0 saturated carbocycles. The fourth-order valence-corrected chi connectivity index (χ4v) is 11.9. The lowest BCUT2D eigenvalue weighted by molar-refractivity contribution is -0.148. The number of rotatable bonds is 37. The highest BCUT2D eigenvalue weighted by atomic mass is 16.5. The Bertz CT molecular complexity index is 2300. The summed E-state index contributed by atoms with van der Waals surface area (Å²) in [6.07, 6.45) is 11.6. The number of methoxy groups -OCH3 is 2. The summed E-state index contributed by atoms with van der Waals surface area (Å²) < 4.78 is 18.7. The van der Waals surface area contributed by atoms with Gasteiger partial charge in [0, 0.05) is 63.5 Å². The third-order valence-electron chi connectivity index (χ3n) is 17.7. The van der Waals surface area contributed by atoms with Crippen LogP contribution < -0.4 is 5.32 Å². The zero-order valence-corrected chi connectivity index (χ0v) is 51.5. The van der Waals surface area contributed by atoms with Crippen LogP contribution in [0.3, 0.4) is 0 Å². The number of hydrogen-bond donors (Lipinski definition) is 1. The SMILES string of the molecule is CCCCc1ccc(-c2nnc(C(CCCC(=O)C(C)C(OC)C3CCCN3C(=O)CC(OC)C(C(C)CC)N(C)C(=O)C(NC(=O)C(C(C)C)N(C)CCCCCC(=O)C(C)(CC)CC)C(C)C)Cc3ccccc3)o2)cc1. The molecule has 1 N–H and O–H groups in total. The molecule has 14 heteroatoms. The van der Waals surface area contributed by atoms with Crippen molar-refractivity contribution in [3.63, 3.8) is 0 Å². The number of nitrogens with one attached hydrogen (secondary N) is 1. The van der Waals surface area contributed by atoms with E-state index >= 15 is 0 Å². The maximum Gasteiger partial charge on any atom is 0.247 e. The molecule has 0 spiro atoms. The minimum Gasteiger partial charge on any atom is -0.420 e. The first-order valence-corrected chi connectivity index (χ1v) is 30.3.